The Kier molecular flexibility index (Phi) is 7.64. The summed E-state index contributed by atoms with van der Waals surface area (Å²) < 4.78 is 5.34. The summed E-state index contributed by atoms with van der Waals surface area (Å²) >= 11 is 8.27. The number of fused-ring (bicyclic) bond motifs is 1. The number of carbonyl (C=O) groups excluding carboxylic acids is 1. The van der Waals surface area contributed by atoms with Crippen LogP contribution in [0.5, 0.6) is 0 Å². The molecule has 2 N–H and O–H groups in total. The molecular weight excluding hydrogens is 528 g/mol. The third kappa shape index (κ3) is 5.51. The van der Waals surface area contributed by atoms with Crippen LogP contribution < -0.4 is 5.32 Å². The zero-order chi connectivity index (χ0) is 27.7. The van der Waals surface area contributed by atoms with Crippen LogP contribution in [0.4, 0.5) is 0 Å². The largest absolute Gasteiger partial charge is 0.507 e. The molecule has 6 nitrogen and oxygen atoms in total. The average Bonchev–Trinajstić information content (AvgIpc) is 3.66. The highest BCUT2D eigenvalue weighted by Gasteiger charge is 2.18. The molecule has 3 heterocycles. The Labute approximate surface area is 237 Å². The molecule has 39 heavy (non-hydrogen) atoms. The number of rotatable bonds is 8. The van der Waals surface area contributed by atoms with Crippen LogP contribution in [-0.4, -0.2) is 25.1 Å². The number of aliphatic hydroxyl groups excluding tert-OH is 1. The molecule has 0 bridgehead atoms. The highest BCUT2D eigenvalue weighted by atomic mass is 35.5. The van der Waals surface area contributed by atoms with Crippen LogP contribution in [-0.2, 0) is 17.9 Å². The van der Waals surface area contributed by atoms with Crippen LogP contribution in [0.25, 0.3) is 32.9 Å². The SMILES string of the molecule is CC=C(O)c1cc2c(cc(-c3ccc(-n4ccnc4)cc3C)n2Cc2cc(CNC(=O)C(C)C)ccc2Cl)s1. The Hall–Kier alpha value is -3.81. The van der Waals surface area contributed by atoms with Gasteiger partial charge in [-0.15, -0.1) is 11.3 Å². The zero-order valence-corrected chi connectivity index (χ0v) is 24.0. The van der Waals surface area contributed by atoms with Gasteiger partial charge in [-0.25, -0.2) is 4.98 Å². The molecule has 5 rings (SSSR count). The van der Waals surface area contributed by atoms with E-state index in [0.29, 0.717) is 18.1 Å². The molecule has 0 saturated heterocycles. The number of thiophene rings is 1. The minimum Gasteiger partial charge on any atom is -0.507 e. The number of allylic oxidation sites excluding steroid dienone is 1. The highest BCUT2D eigenvalue weighted by molar-refractivity contribution is 7.20. The number of imidazole rings is 1. The predicted molar refractivity (Wildman–Crippen MR) is 161 cm³/mol. The van der Waals surface area contributed by atoms with E-state index < -0.39 is 0 Å². The van der Waals surface area contributed by atoms with Gasteiger partial charge in [-0.1, -0.05) is 43.6 Å². The summed E-state index contributed by atoms with van der Waals surface area (Å²) in [7, 11) is 0. The number of halogens is 1. The molecule has 1 amide bonds. The topological polar surface area (TPSA) is 72.1 Å². The number of benzene rings is 2. The van der Waals surface area contributed by atoms with Gasteiger partial charge in [0.2, 0.25) is 5.91 Å². The third-order valence-electron chi connectivity index (χ3n) is 6.83. The monoisotopic (exact) mass is 558 g/mol. The molecular formula is C31H31ClN4O2S. The summed E-state index contributed by atoms with van der Waals surface area (Å²) in [5.41, 5.74) is 7.37. The molecule has 0 radical (unpaired) electrons. The van der Waals surface area contributed by atoms with Crippen LogP contribution in [0.2, 0.25) is 5.02 Å². The first-order valence-corrected chi connectivity index (χ1v) is 14.1. The molecule has 0 spiro atoms. The zero-order valence-electron chi connectivity index (χ0n) is 22.4. The first-order valence-electron chi connectivity index (χ1n) is 12.9. The molecule has 200 valence electrons. The fraction of sp³-hybridized carbons (Fsp3) is 0.226. The fourth-order valence-electron chi connectivity index (χ4n) is 4.63. The lowest BCUT2D eigenvalue weighted by Gasteiger charge is -2.16. The van der Waals surface area contributed by atoms with Crippen molar-refractivity contribution in [2.45, 2.75) is 40.8 Å². The fourth-order valence-corrected chi connectivity index (χ4v) is 5.89. The van der Waals surface area contributed by atoms with Gasteiger partial charge in [-0.3, -0.25) is 4.79 Å². The van der Waals surface area contributed by atoms with E-state index in [4.69, 9.17) is 11.6 Å². The van der Waals surface area contributed by atoms with Gasteiger partial charge in [0.05, 0.1) is 27.1 Å². The second-order valence-corrected chi connectivity index (χ2v) is 11.4. The molecule has 0 aliphatic carbocycles. The van der Waals surface area contributed by atoms with Crippen molar-refractivity contribution < 1.29 is 9.90 Å². The number of aliphatic hydroxyl groups is 1. The van der Waals surface area contributed by atoms with Crippen molar-refractivity contribution in [3.63, 3.8) is 0 Å². The number of aromatic nitrogens is 3. The Morgan fingerprint density at radius 1 is 1.18 bits per heavy atom. The smallest absolute Gasteiger partial charge is 0.222 e. The maximum Gasteiger partial charge on any atom is 0.222 e. The van der Waals surface area contributed by atoms with Gasteiger partial charge < -0.3 is 19.6 Å². The molecule has 5 aromatic rings. The van der Waals surface area contributed by atoms with E-state index in [0.717, 1.165) is 48.7 Å². The van der Waals surface area contributed by atoms with Gasteiger partial charge in [0.25, 0.3) is 0 Å². The summed E-state index contributed by atoms with van der Waals surface area (Å²) in [6, 6.07) is 16.5. The lowest BCUT2D eigenvalue weighted by Crippen LogP contribution is -2.27. The summed E-state index contributed by atoms with van der Waals surface area (Å²) in [6.07, 6.45) is 7.20. The molecule has 0 unspecified atom stereocenters. The molecule has 8 heteroatoms. The molecule has 0 aliphatic heterocycles. The van der Waals surface area contributed by atoms with Gasteiger partial charge in [0.1, 0.15) is 5.76 Å². The van der Waals surface area contributed by atoms with Gasteiger partial charge in [0.15, 0.2) is 0 Å². The number of nitrogens with zero attached hydrogens (tertiary/aromatic N) is 3. The van der Waals surface area contributed by atoms with Gasteiger partial charge in [-0.05, 0) is 66.9 Å². The van der Waals surface area contributed by atoms with Crippen LogP contribution >= 0.6 is 22.9 Å². The number of carbonyl (C=O) groups is 1. The minimum atomic E-state index is -0.0720. The lowest BCUT2D eigenvalue weighted by molar-refractivity contribution is -0.124. The van der Waals surface area contributed by atoms with Gasteiger partial charge in [-0.2, -0.15) is 0 Å². The first-order chi connectivity index (χ1) is 18.7. The van der Waals surface area contributed by atoms with Crippen LogP contribution in [0, 0.1) is 12.8 Å². The Balaban J connectivity index is 1.57. The summed E-state index contributed by atoms with van der Waals surface area (Å²) in [6.45, 7) is 8.69. The molecule has 3 aromatic heterocycles. The Morgan fingerprint density at radius 2 is 2.00 bits per heavy atom. The van der Waals surface area contributed by atoms with Crippen molar-refractivity contribution in [2.75, 3.05) is 0 Å². The molecule has 0 saturated carbocycles. The van der Waals surface area contributed by atoms with Crippen LogP contribution in [0.1, 0.15) is 42.3 Å². The van der Waals surface area contributed by atoms with Crippen molar-refractivity contribution in [3.05, 3.63) is 99.9 Å². The predicted octanol–water partition coefficient (Wildman–Crippen LogP) is 7.76. The van der Waals surface area contributed by atoms with Crippen molar-refractivity contribution in [2.24, 2.45) is 5.92 Å². The summed E-state index contributed by atoms with van der Waals surface area (Å²) in [4.78, 5) is 17.1. The van der Waals surface area contributed by atoms with Crippen molar-refractivity contribution >= 4 is 44.8 Å². The maximum atomic E-state index is 12.1. The number of hydrogen-bond donors (Lipinski definition) is 2. The Morgan fingerprint density at radius 3 is 2.69 bits per heavy atom. The standard InChI is InChI=1S/C31H31ClN4O2S/c1-5-28(37)30-15-27-29(39-30)14-26(24-8-7-23(12-20(24)4)35-11-10-33-18-35)36(27)17-22-13-21(6-9-25(22)32)16-34-31(38)19(2)3/h5-15,18-19,37H,16-17H2,1-4H3,(H,34,38). The second-order valence-electron chi connectivity index (χ2n) is 9.92. The number of nitrogens with one attached hydrogen (secondary N) is 1. The number of aryl methyl sites for hydroxylation is 1. The van der Waals surface area contributed by atoms with Crippen molar-refractivity contribution in [1.29, 1.82) is 0 Å². The number of hydrogen-bond acceptors (Lipinski definition) is 4. The maximum absolute atomic E-state index is 12.1. The van der Waals surface area contributed by atoms with E-state index in [9.17, 15) is 9.90 Å². The van der Waals surface area contributed by atoms with Crippen molar-refractivity contribution in [1.82, 2.24) is 19.4 Å². The van der Waals surface area contributed by atoms with E-state index in [1.807, 2.05) is 49.7 Å². The molecule has 0 aliphatic rings. The molecule has 2 aromatic carbocycles. The van der Waals surface area contributed by atoms with E-state index in [1.54, 1.807) is 29.9 Å². The van der Waals surface area contributed by atoms with Crippen molar-refractivity contribution in [3.8, 4) is 16.9 Å². The third-order valence-corrected chi connectivity index (χ3v) is 8.30. The normalized spacial score (nSPS) is 12.0. The van der Waals surface area contributed by atoms with Crippen LogP contribution in [0.15, 0.2) is 73.3 Å². The molecule has 0 atom stereocenters. The summed E-state index contributed by atoms with van der Waals surface area (Å²) in [5.74, 6) is 0.216. The Bertz CT molecular complexity index is 1680. The molecule has 0 fully saturated rings. The van der Waals surface area contributed by atoms with Gasteiger partial charge in [0, 0.05) is 47.7 Å². The van der Waals surface area contributed by atoms with E-state index in [2.05, 4.69) is 52.1 Å². The van der Waals surface area contributed by atoms with E-state index in [1.165, 1.54) is 0 Å². The van der Waals surface area contributed by atoms with Crippen LogP contribution in [0.3, 0.4) is 0 Å². The number of amides is 1. The quantitative estimate of drug-likeness (QED) is 0.191. The first kappa shape index (κ1) is 26.8. The average molecular weight is 559 g/mol. The summed E-state index contributed by atoms with van der Waals surface area (Å²) in [5, 5.41) is 14.1. The lowest BCUT2D eigenvalue weighted by atomic mass is 10.0. The minimum absolute atomic E-state index is 0.0186. The van der Waals surface area contributed by atoms with E-state index in [-0.39, 0.29) is 17.6 Å². The highest BCUT2D eigenvalue weighted by Crippen LogP contribution is 2.38. The van der Waals surface area contributed by atoms with E-state index >= 15 is 0 Å². The van der Waals surface area contributed by atoms with Gasteiger partial charge >= 0.3 is 0 Å². The second kappa shape index (κ2) is 11.1.